The Morgan fingerprint density at radius 1 is 0.974 bits per heavy atom. The SMILES string of the molecule is O=C(NNC(=O)C(F)F)c1ccc(CN(C(=O)N2CC3(CCN(C(=O)O)CC3)C2)c2ccccc2)c(F)c1. The number of alkyl halides is 2. The highest BCUT2D eigenvalue weighted by molar-refractivity contribution is 5.96. The van der Waals surface area contributed by atoms with Crippen LogP contribution in [0, 0.1) is 11.2 Å². The first-order chi connectivity index (χ1) is 18.1. The number of nitrogens with one attached hydrogen (secondary N) is 2. The van der Waals surface area contributed by atoms with E-state index in [4.69, 9.17) is 0 Å². The second-order valence-corrected chi connectivity index (χ2v) is 9.38. The van der Waals surface area contributed by atoms with Crippen molar-refractivity contribution >= 4 is 29.6 Å². The lowest BCUT2D eigenvalue weighted by atomic mass is 9.72. The summed E-state index contributed by atoms with van der Waals surface area (Å²) >= 11 is 0. The molecule has 2 fully saturated rings. The normalized spacial score (nSPS) is 16.1. The zero-order valence-corrected chi connectivity index (χ0v) is 20.2. The molecule has 2 heterocycles. The van der Waals surface area contributed by atoms with E-state index in [0.717, 1.165) is 6.07 Å². The van der Waals surface area contributed by atoms with E-state index in [-0.39, 0.29) is 29.1 Å². The second kappa shape index (κ2) is 11.0. The number of rotatable bonds is 5. The Balaban J connectivity index is 1.44. The Hall–Kier alpha value is -4.29. The van der Waals surface area contributed by atoms with Crippen molar-refractivity contribution in [2.45, 2.75) is 25.8 Å². The predicted octanol–water partition coefficient (Wildman–Crippen LogP) is 3.05. The van der Waals surface area contributed by atoms with E-state index in [0.29, 0.717) is 44.7 Å². The maximum absolute atomic E-state index is 15.0. The van der Waals surface area contributed by atoms with E-state index in [1.54, 1.807) is 40.7 Å². The van der Waals surface area contributed by atoms with Crippen LogP contribution >= 0.6 is 0 Å². The number of likely N-dealkylation sites (tertiary alicyclic amines) is 2. The highest BCUT2D eigenvalue weighted by Crippen LogP contribution is 2.41. The molecule has 13 heteroatoms. The lowest BCUT2D eigenvalue weighted by Crippen LogP contribution is -2.64. The van der Waals surface area contributed by atoms with Crippen molar-refractivity contribution in [1.29, 1.82) is 0 Å². The minimum atomic E-state index is -3.32. The van der Waals surface area contributed by atoms with Crippen LogP contribution in [0.4, 0.5) is 28.4 Å². The van der Waals surface area contributed by atoms with Gasteiger partial charge in [-0.15, -0.1) is 0 Å². The van der Waals surface area contributed by atoms with Crippen molar-refractivity contribution < 1.29 is 37.5 Å². The van der Waals surface area contributed by atoms with E-state index >= 15 is 0 Å². The molecule has 2 aliphatic heterocycles. The third kappa shape index (κ3) is 5.82. The minimum absolute atomic E-state index is 0.111. The van der Waals surface area contributed by atoms with E-state index in [2.05, 4.69) is 0 Å². The van der Waals surface area contributed by atoms with Crippen LogP contribution in [-0.4, -0.2) is 71.4 Å². The fourth-order valence-corrected chi connectivity index (χ4v) is 4.67. The molecule has 0 atom stereocenters. The molecule has 0 aromatic heterocycles. The molecule has 0 aliphatic carbocycles. The van der Waals surface area contributed by atoms with Crippen LogP contribution < -0.4 is 15.8 Å². The van der Waals surface area contributed by atoms with Crippen molar-refractivity contribution in [3.05, 3.63) is 65.5 Å². The van der Waals surface area contributed by atoms with Gasteiger partial charge in [0.2, 0.25) is 0 Å². The third-order valence-electron chi connectivity index (χ3n) is 6.86. The minimum Gasteiger partial charge on any atom is -0.465 e. The summed E-state index contributed by atoms with van der Waals surface area (Å²) < 4.78 is 39.5. The summed E-state index contributed by atoms with van der Waals surface area (Å²) in [5, 5.41) is 9.17. The summed E-state index contributed by atoms with van der Waals surface area (Å²) in [4.78, 5) is 52.1. The molecule has 5 amide bonds. The number of hydrogen-bond acceptors (Lipinski definition) is 4. The maximum atomic E-state index is 15.0. The molecule has 2 saturated heterocycles. The van der Waals surface area contributed by atoms with Gasteiger partial charge in [-0.05, 0) is 37.1 Å². The largest absolute Gasteiger partial charge is 0.465 e. The molecule has 0 radical (unpaired) electrons. The quantitative estimate of drug-likeness (QED) is 0.510. The standard InChI is InChI=1S/C25H26F3N5O5/c26-19-12-16(21(34)29-30-22(35)20(27)28)6-7-17(19)13-33(18-4-2-1-3-5-18)23(36)32-14-25(15-32)8-10-31(11-9-25)24(37)38/h1-7,12,20H,8-11,13-15H2,(H,29,34)(H,30,35)(H,37,38). The van der Waals surface area contributed by atoms with Gasteiger partial charge in [-0.25, -0.2) is 14.0 Å². The fourth-order valence-electron chi connectivity index (χ4n) is 4.67. The number of nitrogens with zero attached hydrogens (tertiary/aromatic N) is 3. The van der Waals surface area contributed by atoms with Crippen LogP contribution in [0.15, 0.2) is 48.5 Å². The van der Waals surface area contributed by atoms with E-state index < -0.39 is 30.2 Å². The van der Waals surface area contributed by atoms with E-state index in [1.807, 2.05) is 0 Å². The average Bonchev–Trinajstić information content (AvgIpc) is 2.89. The van der Waals surface area contributed by atoms with Gasteiger partial charge < -0.3 is 14.9 Å². The number of urea groups is 1. The third-order valence-corrected chi connectivity index (χ3v) is 6.86. The number of carbonyl (C=O) groups excluding carboxylic acids is 3. The molecule has 3 N–H and O–H groups in total. The first-order valence-corrected chi connectivity index (χ1v) is 11.8. The van der Waals surface area contributed by atoms with Crippen molar-refractivity contribution in [1.82, 2.24) is 20.7 Å². The van der Waals surface area contributed by atoms with Gasteiger partial charge in [0.05, 0.1) is 6.54 Å². The molecular formula is C25H26F3N5O5. The van der Waals surface area contributed by atoms with Gasteiger partial charge in [-0.3, -0.25) is 25.3 Å². The number of hydrogen-bond donors (Lipinski definition) is 3. The number of carbonyl (C=O) groups is 4. The number of carboxylic acid groups (broad SMARTS) is 1. The van der Waals surface area contributed by atoms with Crippen LogP contribution in [0.3, 0.4) is 0 Å². The summed E-state index contributed by atoms with van der Waals surface area (Å²) in [5.41, 5.74) is 3.63. The molecule has 202 valence electrons. The molecule has 2 aromatic carbocycles. The number of piperidine rings is 1. The van der Waals surface area contributed by atoms with Gasteiger partial charge in [0.25, 0.3) is 5.91 Å². The van der Waals surface area contributed by atoms with Gasteiger partial charge in [0, 0.05) is 48.4 Å². The average molecular weight is 534 g/mol. The Morgan fingerprint density at radius 3 is 2.21 bits per heavy atom. The summed E-state index contributed by atoms with van der Waals surface area (Å²) in [5.74, 6) is -3.49. The maximum Gasteiger partial charge on any atom is 0.407 e. The summed E-state index contributed by atoms with van der Waals surface area (Å²) in [6, 6.07) is 11.8. The van der Waals surface area contributed by atoms with Gasteiger partial charge in [0.1, 0.15) is 5.82 Å². The van der Waals surface area contributed by atoms with Gasteiger partial charge in [0.15, 0.2) is 0 Å². The fraction of sp³-hybridized carbons (Fsp3) is 0.360. The van der Waals surface area contributed by atoms with Gasteiger partial charge in [-0.1, -0.05) is 24.3 Å². The van der Waals surface area contributed by atoms with Crippen LogP contribution in [0.5, 0.6) is 0 Å². The van der Waals surface area contributed by atoms with Crippen molar-refractivity contribution in [3.8, 4) is 0 Å². The Kier molecular flexibility index (Phi) is 7.74. The zero-order valence-electron chi connectivity index (χ0n) is 20.2. The molecule has 38 heavy (non-hydrogen) atoms. The molecule has 0 saturated carbocycles. The predicted molar refractivity (Wildman–Crippen MR) is 129 cm³/mol. The van der Waals surface area contributed by atoms with Crippen molar-refractivity contribution in [2.75, 3.05) is 31.1 Å². The number of hydrazine groups is 1. The molecule has 2 aromatic rings. The Labute approximate surface area is 216 Å². The summed E-state index contributed by atoms with van der Waals surface area (Å²) in [7, 11) is 0. The topological polar surface area (TPSA) is 122 Å². The Morgan fingerprint density at radius 2 is 1.63 bits per heavy atom. The number of halogens is 3. The molecule has 1 spiro atoms. The van der Waals surface area contributed by atoms with Crippen molar-refractivity contribution in [2.24, 2.45) is 5.41 Å². The highest BCUT2D eigenvalue weighted by Gasteiger charge is 2.48. The van der Waals surface area contributed by atoms with Crippen LogP contribution in [0.2, 0.25) is 0 Å². The van der Waals surface area contributed by atoms with Gasteiger partial charge >= 0.3 is 24.5 Å². The van der Waals surface area contributed by atoms with E-state index in [1.165, 1.54) is 27.4 Å². The summed E-state index contributed by atoms with van der Waals surface area (Å²) in [6.07, 6.45) is -2.96. The van der Waals surface area contributed by atoms with E-state index in [9.17, 15) is 37.5 Å². The number of para-hydroxylation sites is 1. The molecule has 0 bridgehead atoms. The Bertz CT molecular complexity index is 1210. The highest BCUT2D eigenvalue weighted by atomic mass is 19.3. The number of amides is 5. The summed E-state index contributed by atoms with van der Waals surface area (Å²) in [6.45, 7) is 1.62. The molecule has 2 aliphatic rings. The lowest BCUT2D eigenvalue weighted by Gasteiger charge is -2.54. The molecular weight excluding hydrogens is 507 g/mol. The first kappa shape index (κ1) is 26.8. The smallest absolute Gasteiger partial charge is 0.407 e. The molecule has 0 unspecified atom stereocenters. The molecule has 10 nitrogen and oxygen atoms in total. The second-order valence-electron chi connectivity index (χ2n) is 9.38. The van der Waals surface area contributed by atoms with Crippen LogP contribution in [0.25, 0.3) is 0 Å². The zero-order chi connectivity index (χ0) is 27.4. The van der Waals surface area contributed by atoms with Crippen LogP contribution in [0.1, 0.15) is 28.8 Å². The van der Waals surface area contributed by atoms with Crippen molar-refractivity contribution in [3.63, 3.8) is 0 Å². The van der Waals surface area contributed by atoms with Crippen LogP contribution in [-0.2, 0) is 11.3 Å². The number of benzene rings is 2. The first-order valence-electron chi connectivity index (χ1n) is 11.8. The monoisotopic (exact) mass is 533 g/mol. The lowest BCUT2D eigenvalue weighted by molar-refractivity contribution is -0.132. The number of anilines is 1. The van der Waals surface area contributed by atoms with Gasteiger partial charge in [-0.2, -0.15) is 8.78 Å². The molecule has 4 rings (SSSR count).